The van der Waals surface area contributed by atoms with Gasteiger partial charge in [-0.05, 0) is 17.7 Å². The maximum Gasteiger partial charge on any atom is 0.247 e. The highest BCUT2D eigenvalue weighted by Crippen LogP contribution is 2.41. The van der Waals surface area contributed by atoms with Crippen LogP contribution in [0.1, 0.15) is 22.5 Å². The van der Waals surface area contributed by atoms with Gasteiger partial charge in [0, 0.05) is 23.9 Å². The van der Waals surface area contributed by atoms with Crippen molar-refractivity contribution in [3.63, 3.8) is 0 Å². The molecule has 0 saturated carbocycles. The van der Waals surface area contributed by atoms with E-state index in [0.29, 0.717) is 5.89 Å². The van der Waals surface area contributed by atoms with Crippen LogP contribution in [0, 0.1) is 0 Å². The van der Waals surface area contributed by atoms with E-state index in [1.165, 1.54) is 5.56 Å². The van der Waals surface area contributed by atoms with Crippen molar-refractivity contribution in [2.75, 3.05) is 0 Å². The zero-order valence-electron chi connectivity index (χ0n) is 14.0. The largest absolute Gasteiger partial charge is 0.443 e. The molecule has 0 amide bonds. The standard InChI is InChI=1S/C21H16N4O/c1-2-6-15(7-3-1)21(18-8-4-5-11-22-18)10-9-16-17(14-21)24-25-19(16)20-23-12-13-26-20/h1-13H,14H2,(H,24,25). The van der Waals surface area contributed by atoms with E-state index < -0.39 is 0 Å². The summed E-state index contributed by atoms with van der Waals surface area (Å²) < 4.78 is 5.43. The molecular formula is C21H16N4O. The van der Waals surface area contributed by atoms with E-state index in [9.17, 15) is 0 Å². The van der Waals surface area contributed by atoms with Crippen LogP contribution in [0.3, 0.4) is 0 Å². The fourth-order valence-corrected chi connectivity index (χ4v) is 3.65. The Morgan fingerprint density at radius 3 is 2.62 bits per heavy atom. The van der Waals surface area contributed by atoms with Gasteiger partial charge in [0.05, 0.1) is 17.3 Å². The third-order valence-corrected chi connectivity index (χ3v) is 4.92. The summed E-state index contributed by atoms with van der Waals surface area (Å²) in [4.78, 5) is 8.89. The first-order chi connectivity index (χ1) is 12.9. The van der Waals surface area contributed by atoms with E-state index >= 15 is 0 Å². The quantitative estimate of drug-likeness (QED) is 0.612. The van der Waals surface area contributed by atoms with E-state index in [2.05, 4.69) is 62.6 Å². The number of hydrogen-bond acceptors (Lipinski definition) is 4. The Morgan fingerprint density at radius 2 is 1.85 bits per heavy atom. The number of nitrogens with zero attached hydrogens (tertiary/aromatic N) is 3. The van der Waals surface area contributed by atoms with Crippen LogP contribution >= 0.6 is 0 Å². The summed E-state index contributed by atoms with van der Waals surface area (Å²) in [5.41, 5.74) is 4.69. The maximum absolute atomic E-state index is 5.43. The van der Waals surface area contributed by atoms with Crippen molar-refractivity contribution in [3.05, 3.63) is 95.8 Å². The van der Waals surface area contributed by atoms with Crippen LogP contribution in [-0.4, -0.2) is 20.2 Å². The number of H-pyrrole nitrogens is 1. The van der Waals surface area contributed by atoms with Crippen LogP contribution in [0.15, 0.2) is 77.7 Å². The number of benzene rings is 1. The highest BCUT2D eigenvalue weighted by Gasteiger charge is 2.37. The van der Waals surface area contributed by atoms with Crippen molar-refractivity contribution in [3.8, 4) is 11.6 Å². The minimum Gasteiger partial charge on any atom is -0.443 e. The molecule has 26 heavy (non-hydrogen) atoms. The predicted molar refractivity (Wildman–Crippen MR) is 98.3 cm³/mol. The predicted octanol–water partition coefficient (Wildman–Crippen LogP) is 4.02. The van der Waals surface area contributed by atoms with Crippen LogP contribution in [0.25, 0.3) is 17.7 Å². The summed E-state index contributed by atoms with van der Waals surface area (Å²) >= 11 is 0. The Morgan fingerprint density at radius 1 is 0.962 bits per heavy atom. The van der Waals surface area contributed by atoms with Crippen LogP contribution < -0.4 is 0 Å². The van der Waals surface area contributed by atoms with Gasteiger partial charge >= 0.3 is 0 Å². The molecule has 1 unspecified atom stereocenters. The van der Waals surface area contributed by atoms with Gasteiger partial charge in [-0.2, -0.15) is 5.10 Å². The normalized spacial score (nSPS) is 18.6. The van der Waals surface area contributed by atoms with Gasteiger partial charge in [-0.25, -0.2) is 4.98 Å². The summed E-state index contributed by atoms with van der Waals surface area (Å²) in [6.07, 6.45) is 10.1. The SMILES string of the molecule is C1=CC(c2ccccc2)(c2ccccn2)Cc2[nH]nc(-c3ncco3)c21. The molecule has 1 N–H and O–H groups in total. The molecular weight excluding hydrogens is 324 g/mol. The van der Waals surface area contributed by atoms with Crippen LogP contribution in [-0.2, 0) is 11.8 Å². The number of nitrogens with one attached hydrogen (secondary N) is 1. The van der Waals surface area contributed by atoms with Crippen LogP contribution in [0.4, 0.5) is 0 Å². The molecule has 1 aliphatic rings. The molecule has 1 aromatic carbocycles. The number of pyridine rings is 1. The molecule has 1 aliphatic carbocycles. The molecule has 0 spiro atoms. The summed E-state index contributed by atoms with van der Waals surface area (Å²) in [7, 11) is 0. The molecule has 3 heterocycles. The molecule has 5 nitrogen and oxygen atoms in total. The summed E-state index contributed by atoms with van der Waals surface area (Å²) in [5.74, 6) is 0.525. The average Bonchev–Trinajstić information content (AvgIpc) is 3.38. The van der Waals surface area contributed by atoms with Crippen molar-refractivity contribution in [1.82, 2.24) is 20.2 Å². The van der Waals surface area contributed by atoms with E-state index in [1.54, 1.807) is 12.5 Å². The fourth-order valence-electron chi connectivity index (χ4n) is 3.65. The molecule has 1 atom stereocenters. The van der Waals surface area contributed by atoms with Crippen molar-refractivity contribution >= 4 is 6.08 Å². The minimum atomic E-state index is -0.337. The first-order valence-corrected chi connectivity index (χ1v) is 8.50. The third-order valence-electron chi connectivity index (χ3n) is 4.92. The molecule has 0 fully saturated rings. The molecule has 5 rings (SSSR count). The lowest BCUT2D eigenvalue weighted by atomic mass is 9.70. The van der Waals surface area contributed by atoms with Gasteiger partial charge < -0.3 is 4.42 Å². The van der Waals surface area contributed by atoms with Gasteiger partial charge in [0.1, 0.15) is 6.26 Å². The summed E-state index contributed by atoms with van der Waals surface area (Å²) in [6, 6.07) is 16.5. The molecule has 0 radical (unpaired) electrons. The van der Waals surface area contributed by atoms with Gasteiger partial charge in [-0.15, -0.1) is 0 Å². The second-order valence-electron chi connectivity index (χ2n) is 6.36. The Hall–Kier alpha value is -3.47. The zero-order valence-corrected chi connectivity index (χ0v) is 14.0. The van der Waals surface area contributed by atoms with Gasteiger partial charge in [-0.1, -0.05) is 48.6 Å². The highest BCUT2D eigenvalue weighted by atomic mass is 16.3. The van der Waals surface area contributed by atoms with Crippen molar-refractivity contribution in [2.24, 2.45) is 0 Å². The first kappa shape index (κ1) is 14.8. The highest BCUT2D eigenvalue weighted by molar-refractivity contribution is 5.72. The molecule has 4 aromatic rings. The summed E-state index contributed by atoms with van der Waals surface area (Å²) in [6.45, 7) is 0. The van der Waals surface area contributed by atoms with Crippen LogP contribution in [0.2, 0.25) is 0 Å². The van der Waals surface area contributed by atoms with Gasteiger partial charge in [0.2, 0.25) is 5.89 Å². The number of allylic oxidation sites excluding steroid dienone is 1. The van der Waals surface area contributed by atoms with Crippen LogP contribution in [0.5, 0.6) is 0 Å². The topological polar surface area (TPSA) is 67.6 Å². The Kier molecular flexibility index (Phi) is 3.31. The van der Waals surface area contributed by atoms with Gasteiger partial charge in [-0.3, -0.25) is 10.1 Å². The van der Waals surface area contributed by atoms with Crippen molar-refractivity contribution < 1.29 is 4.42 Å². The lowest BCUT2D eigenvalue weighted by Crippen LogP contribution is -2.31. The number of oxazole rings is 1. The number of aromatic amines is 1. The third kappa shape index (κ3) is 2.21. The lowest BCUT2D eigenvalue weighted by Gasteiger charge is -2.33. The second-order valence-corrected chi connectivity index (χ2v) is 6.36. The van der Waals surface area contributed by atoms with Crippen molar-refractivity contribution in [1.29, 1.82) is 0 Å². The average molecular weight is 340 g/mol. The fraction of sp³-hybridized carbons (Fsp3) is 0.0952. The van der Waals surface area contributed by atoms with Crippen molar-refractivity contribution in [2.45, 2.75) is 11.8 Å². The molecule has 126 valence electrons. The van der Waals surface area contributed by atoms with Gasteiger partial charge in [0.15, 0.2) is 5.69 Å². The second kappa shape index (κ2) is 5.81. The van der Waals surface area contributed by atoms with E-state index in [0.717, 1.165) is 29.1 Å². The Labute approximate surface area is 150 Å². The number of hydrogen-bond donors (Lipinski definition) is 1. The number of aromatic nitrogens is 4. The number of fused-ring (bicyclic) bond motifs is 1. The van der Waals surface area contributed by atoms with Gasteiger partial charge in [0.25, 0.3) is 0 Å². The molecule has 0 aliphatic heterocycles. The first-order valence-electron chi connectivity index (χ1n) is 8.50. The van der Waals surface area contributed by atoms with E-state index in [4.69, 9.17) is 4.42 Å². The lowest BCUT2D eigenvalue weighted by molar-refractivity contribution is 0.571. The zero-order chi connectivity index (χ0) is 17.4. The number of rotatable bonds is 3. The molecule has 0 saturated heterocycles. The molecule has 5 heteroatoms. The van der Waals surface area contributed by atoms with E-state index in [-0.39, 0.29) is 5.41 Å². The minimum absolute atomic E-state index is 0.337. The monoisotopic (exact) mass is 340 g/mol. The van der Waals surface area contributed by atoms with E-state index in [1.807, 2.05) is 24.4 Å². The Bertz CT molecular complexity index is 1010. The molecule has 0 bridgehead atoms. The molecule has 3 aromatic heterocycles. The maximum atomic E-state index is 5.43. The summed E-state index contributed by atoms with van der Waals surface area (Å²) in [5, 5.41) is 7.62. The Balaban J connectivity index is 1.67. The smallest absolute Gasteiger partial charge is 0.247 e.